The molecule has 1 rings (SSSR count). The Morgan fingerprint density at radius 2 is 2.10 bits per heavy atom. The Kier molecular flexibility index (Phi) is 4.82. The first kappa shape index (κ1) is 16.4. The molecule has 1 atom stereocenters. The third-order valence-electron chi connectivity index (χ3n) is 2.61. The van der Waals surface area contributed by atoms with Gasteiger partial charge in [-0.05, 0) is 6.92 Å². The second-order valence-electron chi connectivity index (χ2n) is 4.30. The number of hydrogen-bond acceptors (Lipinski definition) is 7. The summed E-state index contributed by atoms with van der Waals surface area (Å²) in [5.41, 5.74) is -2.91. The first-order valence-electron chi connectivity index (χ1n) is 5.63. The zero-order valence-electron chi connectivity index (χ0n) is 11.2. The molecule has 9 nitrogen and oxygen atoms in total. The molecule has 0 fully saturated rings. The van der Waals surface area contributed by atoms with Crippen molar-refractivity contribution in [2.24, 2.45) is 0 Å². The number of aliphatic hydroxyl groups is 1. The van der Waals surface area contributed by atoms with Crippen molar-refractivity contribution < 1.29 is 34.2 Å². The van der Waals surface area contributed by atoms with E-state index in [0.29, 0.717) is 0 Å². The van der Waals surface area contributed by atoms with Gasteiger partial charge in [0, 0.05) is 6.07 Å². The third kappa shape index (κ3) is 3.66. The Balaban J connectivity index is 3.17. The van der Waals surface area contributed by atoms with Gasteiger partial charge in [-0.3, -0.25) is 14.9 Å². The average molecular weight is 299 g/mol. The first-order chi connectivity index (χ1) is 9.72. The minimum Gasteiger partial charge on any atom is -0.493 e. The van der Waals surface area contributed by atoms with Crippen molar-refractivity contribution in [3.05, 3.63) is 27.8 Å². The van der Waals surface area contributed by atoms with Crippen LogP contribution >= 0.6 is 0 Å². The fourth-order valence-electron chi connectivity index (χ4n) is 1.37. The zero-order valence-corrected chi connectivity index (χ0v) is 11.2. The Morgan fingerprint density at radius 1 is 1.48 bits per heavy atom. The lowest BCUT2D eigenvalue weighted by Crippen LogP contribution is -2.41. The van der Waals surface area contributed by atoms with Gasteiger partial charge in [-0.2, -0.15) is 0 Å². The summed E-state index contributed by atoms with van der Waals surface area (Å²) in [4.78, 5) is 31.6. The molecule has 0 spiro atoms. The number of carbonyl (C=O) groups excluding carboxylic acids is 1. The number of nitro benzene ring substituents is 1. The topological polar surface area (TPSA) is 136 Å². The minimum atomic E-state index is -2.18. The molecule has 1 unspecified atom stereocenters. The number of carboxylic acids is 1. The predicted octanol–water partition coefficient (Wildman–Crippen LogP) is 0.630. The molecule has 114 valence electrons. The van der Waals surface area contributed by atoms with E-state index in [0.717, 1.165) is 19.1 Å². The molecule has 0 radical (unpaired) electrons. The normalized spacial score (nSPS) is 13.1. The van der Waals surface area contributed by atoms with Crippen molar-refractivity contribution in [3.8, 4) is 11.5 Å². The Bertz CT molecular complexity index is 581. The van der Waals surface area contributed by atoms with Crippen LogP contribution in [0.5, 0.6) is 11.5 Å². The Hall–Kier alpha value is -2.68. The van der Waals surface area contributed by atoms with Gasteiger partial charge in [-0.15, -0.1) is 0 Å². The molecule has 1 aromatic rings. The lowest BCUT2D eigenvalue weighted by molar-refractivity contribution is -0.385. The van der Waals surface area contributed by atoms with E-state index in [1.54, 1.807) is 0 Å². The van der Waals surface area contributed by atoms with Gasteiger partial charge in [0.1, 0.15) is 6.61 Å². The molecule has 0 heterocycles. The number of nitrogens with zero attached hydrogens (tertiary/aromatic N) is 1. The molecule has 0 saturated heterocycles. The summed E-state index contributed by atoms with van der Waals surface area (Å²) < 4.78 is 9.98. The molecule has 0 aliphatic heterocycles. The molecule has 0 saturated carbocycles. The summed E-state index contributed by atoms with van der Waals surface area (Å²) in [5, 5.41) is 29.1. The van der Waals surface area contributed by atoms with E-state index in [4.69, 9.17) is 14.6 Å². The Labute approximate surface area is 118 Å². The number of nitro groups is 1. The molecule has 0 aromatic heterocycles. The van der Waals surface area contributed by atoms with Gasteiger partial charge in [0.05, 0.1) is 23.7 Å². The fraction of sp³-hybridized carbons (Fsp3) is 0.333. The Morgan fingerprint density at radius 3 is 2.52 bits per heavy atom. The van der Waals surface area contributed by atoms with E-state index < -0.39 is 28.8 Å². The molecule has 2 N–H and O–H groups in total. The zero-order chi connectivity index (χ0) is 16.2. The average Bonchev–Trinajstić information content (AvgIpc) is 2.43. The second kappa shape index (κ2) is 6.18. The van der Waals surface area contributed by atoms with Gasteiger partial charge in [0.2, 0.25) is 0 Å². The van der Waals surface area contributed by atoms with Gasteiger partial charge in [-0.25, -0.2) is 4.79 Å². The highest BCUT2D eigenvalue weighted by molar-refractivity contribution is 5.83. The fourth-order valence-corrected chi connectivity index (χ4v) is 1.37. The largest absolute Gasteiger partial charge is 0.493 e. The van der Waals surface area contributed by atoms with Gasteiger partial charge < -0.3 is 19.7 Å². The lowest BCUT2D eigenvalue weighted by atomic mass is 10.1. The summed E-state index contributed by atoms with van der Waals surface area (Å²) in [6.45, 7) is 0.353. The molecule has 0 amide bonds. The van der Waals surface area contributed by atoms with Crippen LogP contribution in [0, 0.1) is 10.1 Å². The molecule has 0 aliphatic carbocycles. The van der Waals surface area contributed by atoms with E-state index in [9.17, 15) is 24.8 Å². The summed E-state index contributed by atoms with van der Waals surface area (Å²) in [6, 6.07) is 2.02. The summed E-state index contributed by atoms with van der Waals surface area (Å²) in [5.74, 6) is -1.67. The van der Waals surface area contributed by atoms with Crippen LogP contribution in [0.3, 0.4) is 0 Å². The van der Waals surface area contributed by atoms with E-state index in [-0.39, 0.29) is 23.3 Å². The molecule has 0 aliphatic rings. The number of aldehydes is 1. The minimum absolute atomic E-state index is 0.00360. The first-order valence-corrected chi connectivity index (χ1v) is 5.63. The maximum absolute atomic E-state index is 10.8. The van der Waals surface area contributed by atoms with Crippen LogP contribution < -0.4 is 9.47 Å². The number of ether oxygens (including phenoxy) is 2. The van der Waals surface area contributed by atoms with Gasteiger partial charge in [0.15, 0.2) is 23.4 Å². The van der Waals surface area contributed by atoms with E-state index in [1.807, 2.05) is 0 Å². The second-order valence-corrected chi connectivity index (χ2v) is 4.30. The summed E-state index contributed by atoms with van der Waals surface area (Å²) in [7, 11) is 1.25. The van der Waals surface area contributed by atoms with Crippen LogP contribution in [0.25, 0.3) is 0 Å². The van der Waals surface area contributed by atoms with Crippen LogP contribution in [0.2, 0.25) is 0 Å². The summed E-state index contributed by atoms with van der Waals surface area (Å²) >= 11 is 0. The standard InChI is InChI=1S/C12H13NO8/c1-12(17,11(15)16)6-21-10-4-8(13(18)19)7(5-14)3-9(10)20-2/h3-5,17H,6H2,1-2H3,(H,15,16). The number of aliphatic carboxylic acids is 1. The maximum atomic E-state index is 10.8. The van der Waals surface area contributed by atoms with Crippen LogP contribution in [0.1, 0.15) is 17.3 Å². The SMILES string of the molecule is COc1cc(C=O)c([N+](=O)[O-])cc1OCC(C)(O)C(=O)O. The van der Waals surface area contributed by atoms with Crippen LogP contribution in [-0.2, 0) is 4.79 Å². The van der Waals surface area contributed by atoms with E-state index >= 15 is 0 Å². The maximum Gasteiger partial charge on any atom is 0.339 e. The van der Waals surface area contributed by atoms with Gasteiger partial charge in [0.25, 0.3) is 5.69 Å². The number of carboxylic acid groups (broad SMARTS) is 1. The molecular weight excluding hydrogens is 286 g/mol. The van der Waals surface area contributed by atoms with Crippen molar-refractivity contribution in [1.82, 2.24) is 0 Å². The highest BCUT2D eigenvalue weighted by Gasteiger charge is 2.32. The third-order valence-corrected chi connectivity index (χ3v) is 2.61. The number of hydrogen-bond donors (Lipinski definition) is 2. The molecule has 21 heavy (non-hydrogen) atoms. The quantitative estimate of drug-likeness (QED) is 0.425. The number of benzene rings is 1. The van der Waals surface area contributed by atoms with Crippen molar-refractivity contribution in [2.45, 2.75) is 12.5 Å². The number of methoxy groups -OCH3 is 1. The summed E-state index contributed by atoms with van der Waals surface area (Å²) in [6.07, 6.45) is 0.290. The van der Waals surface area contributed by atoms with Crippen LogP contribution in [-0.4, -0.2) is 46.7 Å². The molecule has 9 heteroatoms. The monoisotopic (exact) mass is 299 g/mol. The molecular formula is C12H13NO8. The van der Waals surface area contributed by atoms with Gasteiger partial charge >= 0.3 is 5.97 Å². The van der Waals surface area contributed by atoms with E-state index in [1.165, 1.54) is 7.11 Å². The van der Waals surface area contributed by atoms with Crippen molar-refractivity contribution in [2.75, 3.05) is 13.7 Å². The van der Waals surface area contributed by atoms with Crippen molar-refractivity contribution in [3.63, 3.8) is 0 Å². The van der Waals surface area contributed by atoms with Crippen LogP contribution in [0.15, 0.2) is 12.1 Å². The van der Waals surface area contributed by atoms with E-state index in [2.05, 4.69) is 0 Å². The van der Waals surface area contributed by atoms with Crippen LogP contribution in [0.4, 0.5) is 5.69 Å². The predicted molar refractivity (Wildman–Crippen MR) is 68.8 cm³/mol. The van der Waals surface area contributed by atoms with Crippen molar-refractivity contribution >= 4 is 17.9 Å². The number of rotatable bonds is 7. The smallest absolute Gasteiger partial charge is 0.339 e. The highest BCUT2D eigenvalue weighted by Crippen LogP contribution is 2.34. The highest BCUT2D eigenvalue weighted by atomic mass is 16.6. The van der Waals surface area contributed by atoms with Gasteiger partial charge in [-0.1, -0.05) is 0 Å². The molecule has 0 bridgehead atoms. The van der Waals surface area contributed by atoms with Crippen molar-refractivity contribution in [1.29, 1.82) is 0 Å². The molecule has 1 aromatic carbocycles. The number of carbonyl (C=O) groups is 2. The lowest BCUT2D eigenvalue weighted by Gasteiger charge is -2.19.